The normalized spacial score (nSPS) is 14.9. The number of fused-ring (bicyclic) bond motifs is 1. The lowest BCUT2D eigenvalue weighted by Gasteiger charge is -2.31. The van der Waals surface area contributed by atoms with Gasteiger partial charge in [0.1, 0.15) is 17.1 Å². The molecule has 1 fully saturated rings. The Labute approximate surface area is 184 Å². The van der Waals surface area contributed by atoms with Crippen molar-refractivity contribution in [1.29, 1.82) is 0 Å². The molecule has 0 unspecified atom stereocenters. The third-order valence-corrected chi connectivity index (χ3v) is 6.40. The van der Waals surface area contributed by atoms with Gasteiger partial charge in [0.2, 0.25) is 5.91 Å². The van der Waals surface area contributed by atoms with E-state index in [-0.39, 0.29) is 11.8 Å². The van der Waals surface area contributed by atoms with E-state index in [1.807, 2.05) is 17.5 Å². The van der Waals surface area contributed by atoms with Crippen molar-refractivity contribution in [3.05, 3.63) is 35.0 Å². The number of esters is 1. The first-order valence-electron chi connectivity index (χ1n) is 10.4. The summed E-state index contributed by atoms with van der Waals surface area (Å²) in [6.45, 7) is 5.65. The number of carbonyl (C=O) groups is 2. The lowest BCUT2D eigenvalue weighted by Crippen LogP contribution is -2.38. The number of hydrogen-bond acceptors (Lipinski definition) is 8. The molecule has 1 amide bonds. The second-order valence-electron chi connectivity index (χ2n) is 8.13. The molecule has 0 aliphatic carbocycles. The van der Waals surface area contributed by atoms with Crippen molar-refractivity contribution in [2.75, 3.05) is 30.4 Å². The maximum absolute atomic E-state index is 12.9. The Morgan fingerprint density at radius 3 is 2.77 bits per heavy atom. The molecule has 0 aromatic carbocycles. The molecule has 164 valence electrons. The van der Waals surface area contributed by atoms with E-state index >= 15 is 0 Å². The number of piperidine rings is 1. The van der Waals surface area contributed by atoms with Gasteiger partial charge in [-0.2, -0.15) is 4.52 Å². The summed E-state index contributed by atoms with van der Waals surface area (Å²) in [6.07, 6.45) is 3.77. The van der Waals surface area contributed by atoms with Crippen molar-refractivity contribution in [3.8, 4) is 0 Å². The summed E-state index contributed by atoms with van der Waals surface area (Å²) in [5, 5.41) is 17.9. The summed E-state index contributed by atoms with van der Waals surface area (Å²) in [5.41, 5.74) is 2.11. The zero-order valence-electron chi connectivity index (χ0n) is 17.9. The molecule has 31 heavy (non-hydrogen) atoms. The van der Waals surface area contributed by atoms with Crippen LogP contribution in [0.3, 0.4) is 0 Å². The fourth-order valence-electron chi connectivity index (χ4n) is 3.87. The van der Waals surface area contributed by atoms with Crippen LogP contribution in [0.25, 0.3) is 5.65 Å². The zero-order chi connectivity index (χ0) is 22.0. The van der Waals surface area contributed by atoms with Gasteiger partial charge < -0.3 is 15.0 Å². The zero-order valence-corrected chi connectivity index (χ0v) is 18.7. The molecule has 4 rings (SSSR count). The lowest BCUT2D eigenvalue weighted by molar-refractivity contribution is -0.120. The minimum Gasteiger partial charge on any atom is -0.465 e. The number of aromatic nitrogens is 4. The SMILES string of the molecule is COC(=O)c1c(CC(C)C)csc1NC(=O)C1CCN(c2ccc3nncn3n2)CC1. The number of methoxy groups -OCH3 is 1. The first-order chi connectivity index (χ1) is 15.0. The van der Waals surface area contributed by atoms with Gasteiger partial charge in [0, 0.05) is 19.0 Å². The molecule has 1 aliphatic rings. The summed E-state index contributed by atoms with van der Waals surface area (Å²) in [5.74, 6) is 0.672. The molecule has 10 heteroatoms. The average molecular weight is 443 g/mol. The molecular weight excluding hydrogens is 416 g/mol. The van der Waals surface area contributed by atoms with Crippen molar-refractivity contribution in [2.24, 2.45) is 11.8 Å². The highest BCUT2D eigenvalue weighted by molar-refractivity contribution is 7.15. The van der Waals surface area contributed by atoms with Crippen LogP contribution in [0.5, 0.6) is 0 Å². The van der Waals surface area contributed by atoms with E-state index in [4.69, 9.17) is 4.74 Å². The highest BCUT2D eigenvalue weighted by Gasteiger charge is 2.28. The van der Waals surface area contributed by atoms with Crippen LogP contribution in [-0.4, -0.2) is 51.9 Å². The number of hydrogen-bond donors (Lipinski definition) is 1. The second-order valence-corrected chi connectivity index (χ2v) is 9.01. The van der Waals surface area contributed by atoms with Crippen molar-refractivity contribution in [3.63, 3.8) is 0 Å². The number of nitrogens with zero attached hydrogens (tertiary/aromatic N) is 5. The van der Waals surface area contributed by atoms with Gasteiger partial charge in [-0.05, 0) is 48.3 Å². The van der Waals surface area contributed by atoms with Crippen LogP contribution in [-0.2, 0) is 16.0 Å². The van der Waals surface area contributed by atoms with Crippen molar-refractivity contribution < 1.29 is 14.3 Å². The second kappa shape index (κ2) is 9.01. The number of anilines is 2. The van der Waals surface area contributed by atoms with Crippen LogP contribution in [0, 0.1) is 11.8 Å². The van der Waals surface area contributed by atoms with Crippen LogP contribution in [0.15, 0.2) is 23.8 Å². The Kier molecular flexibility index (Phi) is 6.17. The third-order valence-electron chi connectivity index (χ3n) is 5.46. The molecular formula is C21H26N6O3S. The van der Waals surface area contributed by atoms with Gasteiger partial charge in [0.25, 0.3) is 0 Å². The molecule has 1 N–H and O–H groups in total. The molecule has 1 aliphatic heterocycles. The molecule has 3 aromatic heterocycles. The summed E-state index contributed by atoms with van der Waals surface area (Å²) < 4.78 is 6.61. The predicted molar refractivity (Wildman–Crippen MR) is 119 cm³/mol. The summed E-state index contributed by atoms with van der Waals surface area (Å²) >= 11 is 1.39. The van der Waals surface area contributed by atoms with Gasteiger partial charge >= 0.3 is 5.97 Å². The van der Waals surface area contributed by atoms with Crippen LogP contribution >= 0.6 is 11.3 Å². The molecule has 9 nitrogen and oxygen atoms in total. The first-order valence-corrected chi connectivity index (χ1v) is 11.3. The summed E-state index contributed by atoms with van der Waals surface area (Å²) in [4.78, 5) is 27.4. The first kappa shape index (κ1) is 21.2. The number of ether oxygens (including phenoxy) is 1. The smallest absolute Gasteiger partial charge is 0.341 e. The number of thiophene rings is 1. The number of carbonyl (C=O) groups excluding carboxylic acids is 2. The fraction of sp³-hybridized carbons (Fsp3) is 0.476. The average Bonchev–Trinajstić information content (AvgIpc) is 3.39. The molecule has 0 spiro atoms. The molecule has 1 saturated heterocycles. The van der Waals surface area contributed by atoms with E-state index in [0.717, 1.165) is 30.9 Å². The Morgan fingerprint density at radius 1 is 1.29 bits per heavy atom. The highest BCUT2D eigenvalue weighted by Crippen LogP contribution is 2.32. The molecule has 4 heterocycles. The van der Waals surface area contributed by atoms with Crippen molar-refractivity contribution in [2.45, 2.75) is 33.1 Å². The number of nitrogens with one attached hydrogen (secondary N) is 1. The number of rotatable bonds is 6. The predicted octanol–water partition coefficient (Wildman–Crippen LogP) is 3.03. The van der Waals surface area contributed by atoms with E-state index in [2.05, 4.69) is 39.4 Å². The Morgan fingerprint density at radius 2 is 2.06 bits per heavy atom. The van der Waals surface area contributed by atoms with Crippen LogP contribution in [0.2, 0.25) is 0 Å². The van der Waals surface area contributed by atoms with Gasteiger partial charge in [-0.25, -0.2) is 4.79 Å². The van der Waals surface area contributed by atoms with Gasteiger partial charge in [-0.1, -0.05) is 13.8 Å². The minimum atomic E-state index is -0.405. The van der Waals surface area contributed by atoms with Crippen LogP contribution < -0.4 is 10.2 Å². The van der Waals surface area contributed by atoms with E-state index in [0.29, 0.717) is 35.0 Å². The van der Waals surface area contributed by atoms with E-state index in [1.54, 1.807) is 10.8 Å². The fourth-order valence-corrected chi connectivity index (χ4v) is 4.84. The number of amides is 1. The van der Waals surface area contributed by atoms with Gasteiger partial charge in [-0.3, -0.25) is 4.79 Å². The minimum absolute atomic E-state index is 0.0510. The van der Waals surface area contributed by atoms with Gasteiger partial charge in [-0.15, -0.1) is 26.6 Å². The van der Waals surface area contributed by atoms with Crippen molar-refractivity contribution in [1.82, 2.24) is 19.8 Å². The van der Waals surface area contributed by atoms with Crippen LogP contribution in [0.4, 0.5) is 10.8 Å². The standard InChI is InChI=1S/C21H26N6O3S/c1-13(2)10-15-11-31-20(18(15)21(29)30-3)23-19(28)14-6-8-26(9-7-14)17-5-4-16-24-22-12-27(16)25-17/h4-5,11-14H,6-10H2,1-3H3,(H,23,28). The van der Waals surface area contributed by atoms with Crippen LogP contribution in [0.1, 0.15) is 42.6 Å². The van der Waals surface area contributed by atoms with Gasteiger partial charge in [0.15, 0.2) is 5.65 Å². The largest absolute Gasteiger partial charge is 0.465 e. The Balaban J connectivity index is 1.41. The Bertz CT molecular complexity index is 1080. The maximum Gasteiger partial charge on any atom is 0.341 e. The summed E-state index contributed by atoms with van der Waals surface area (Å²) in [7, 11) is 1.37. The lowest BCUT2D eigenvalue weighted by atomic mass is 9.95. The van der Waals surface area contributed by atoms with E-state index in [9.17, 15) is 9.59 Å². The van der Waals surface area contributed by atoms with E-state index in [1.165, 1.54) is 18.4 Å². The Hall–Kier alpha value is -3.01. The maximum atomic E-state index is 12.9. The summed E-state index contributed by atoms with van der Waals surface area (Å²) in [6, 6.07) is 3.81. The molecule has 3 aromatic rings. The molecule has 0 bridgehead atoms. The molecule has 0 saturated carbocycles. The van der Waals surface area contributed by atoms with E-state index < -0.39 is 5.97 Å². The van der Waals surface area contributed by atoms with Gasteiger partial charge in [0.05, 0.1) is 12.7 Å². The molecule has 0 atom stereocenters. The quantitative estimate of drug-likeness (QED) is 0.586. The highest BCUT2D eigenvalue weighted by atomic mass is 32.1. The van der Waals surface area contributed by atoms with Crippen molar-refractivity contribution >= 4 is 39.7 Å². The third kappa shape index (κ3) is 4.53. The topological polar surface area (TPSA) is 102 Å². The monoisotopic (exact) mass is 442 g/mol. The molecule has 0 radical (unpaired) electrons.